The van der Waals surface area contributed by atoms with Gasteiger partial charge in [0.2, 0.25) is 0 Å². The Labute approximate surface area is 113 Å². The largest absolute Gasteiger partial charge is 0.455 e. The number of aromatic nitrogens is 1. The smallest absolute Gasteiger partial charge is 0.145 e. The third kappa shape index (κ3) is 3.32. The van der Waals surface area contributed by atoms with Gasteiger partial charge in [-0.15, -0.1) is 0 Å². The van der Waals surface area contributed by atoms with E-state index < -0.39 is 6.10 Å². The van der Waals surface area contributed by atoms with E-state index in [0.717, 1.165) is 12.2 Å². The zero-order valence-corrected chi connectivity index (χ0v) is 11.3. The number of rotatable bonds is 5. The van der Waals surface area contributed by atoms with Crippen molar-refractivity contribution in [1.82, 2.24) is 4.98 Å². The van der Waals surface area contributed by atoms with Gasteiger partial charge in [0.15, 0.2) is 0 Å². The lowest BCUT2D eigenvalue weighted by Gasteiger charge is -2.11. The van der Waals surface area contributed by atoms with Gasteiger partial charge in [-0.1, -0.05) is 32.0 Å². The molecule has 2 rings (SSSR count). The van der Waals surface area contributed by atoms with Crippen molar-refractivity contribution < 1.29 is 9.84 Å². The third-order valence-corrected chi connectivity index (χ3v) is 3.07. The van der Waals surface area contributed by atoms with E-state index in [9.17, 15) is 5.11 Å². The van der Waals surface area contributed by atoms with E-state index in [-0.39, 0.29) is 0 Å². The van der Waals surface area contributed by atoms with Crippen molar-refractivity contribution in [2.24, 2.45) is 0 Å². The quantitative estimate of drug-likeness (QED) is 0.883. The lowest BCUT2D eigenvalue weighted by Crippen LogP contribution is -1.98. The topological polar surface area (TPSA) is 42.4 Å². The average Bonchev–Trinajstić information content (AvgIpc) is 2.48. The maximum Gasteiger partial charge on any atom is 0.145 e. The molecule has 1 aromatic carbocycles. The first-order valence-electron chi connectivity index (χ1n) is 6.64. The van der Waals surface area contributed by atoms with Crippen LogP contribution in [0.4, 0.5) is 0 Å². The minimum atomic E-state index is -0.503. The molecule has 0 spiro atoms. The van der Waals surface area contributed by atoms with Crippen LogP contribution in [0.5, 0.6) is 11.5 Å². The third-order valence-electron chi connectivity index (χ3n) is 3.07. The second-order valence-electron chi connectivity index (χ2n) is 4.41. The van der Waals surface area contributed by atoms with E-state index in [0.29, 0.717) is 17.9 Å². The molecule has 2 aromatic rings. The summed E-state index contributed by atoms with van der Waals surface area (Å²) in [4.78, 5) is 4.23. The molecule has 0 unspecified atom stereocenters. The second-order valence-corrected chi connectivity index (χ2v) is 4.41. The van der Waals surface area contributed by atoms with Gasteiger partial charge in [-0.05, 0) is 36.6 Å². The van der Waals surface area contributed by atoms with Gasteiger partial charge >= 0.3 is 0 Å². The Balaban J connectivity index is 2.15. The number of ether oxygens (including phenoxy) is 1. The summed E-state index contributed by atoms with van der Waals surface area (Å²) in [5, 5.41) is 9.69. The molecule has 0 amide bonds. The van der Waals surface area contributed by atoms with Gasteiger partial charge in [-0.3, -0.25) is 4.98 Å². The first kappa shape index (κ1) is 13.6. The molecule has 0 aliphatic carbocycles. The fourth-order valence-electron chi connectivity index (χ4n) is 1.88. The van der Waals surface area contributed by atoms with E-state index in [1.54, 1.807) is 12.3 Å². The van der Waals surface area contributed by atoms with Crippen molar-refractivity contribution in [2.75, 3.05) is 0 Å². The molecular formula is C16H19NO2. The molecule has 1 aromatic heterocycles. The van der Waals surface area contributed by atoms with Gasteiger partial charge in [-0.2, -0.15) is 0 Å². The maximum atomic E-state index is 9.69. The number of aliphatic hydroxyl groups is 1. The molecular weight excluding hydrogens is 238 g/mol. The molecule has 0 aliphatic rings. The van der Waals surface area contributed by atoms with Gasteiger partial charge in [-0.25, -0.2) is 0 Å². The van der Waals surface area contributed by atoms with Crippen LogP contribution in [0.25, 0.3) is 0 Å². The first-order chi connectivity index (χ1) is 9.24. The molecule has 0 saturated carbocycles. The van der Waals surface area contributed by atoms with Crippen LogP contribution in [0.1, 0.15) is 37.6 Å². The fraction of sp³-hybridized carbons (Fsp3) is 0.312. The summed E-state index contributed by atoms with van der Waals surface area (Å²) in [5.41, 5.74) is 1.85. The van der Waals surface area contributed by atoms with Crippen molar-refractivity contribution in [3.63, 3.8) is 0 Å². The number of pyridine rings is 1. The molecule has 0 aliphatic heterocycles. The number of para-hydroxylation sites is 1. The van der Waals surface area contributed by atoms with Crippen LogP contribution in [0.15, 0.2) is 42.6 Å². The second kappa shape index (κ2) is 6.34. The van der Waals surface area contributed by atoms with Crippen molar-refractivity contribution in [3.05, 3.63) is 53.9 Å². The fourth-order valence-corrected chi connectivity index (χ4v) is 1.88. The Bertz CT molecular complexity index is 523. The van der Waals surface area contributed by atoms with Gasteiger partial charge in [0.05, 0.1) is 18.0 Å². The summed E-state index contributed by atoms with van der Waals surface area (Å²) >= 11 is 0. The molecule has 0 bridgehead atoms. The van der Waals surface area contributed by atoms with E-state index in [1.165, 1.54) is 5.56 Å². The molecule has 0 radical (unpaired) electrons. The molecule has 0 fully saturated rings. The highest BCUT2D eigenvalue weighted by atomic mass is 16.5. The summed E-state index contributed by atoms with van der Waals surface area (Å²) in [7, 11) is 0. The minimum absolute atomic E-state index is 0.503. The number of hydrogen-bond acceptors (Lipinski definition) is 3. The highest BCUT2D eigenvalue weighted by Gasteiger charge is 2.07. The van der Waals surface area contributed by atoms with E-state index in [1.807, 2.05) is 31.2 Å². The lowest BCUT2D eigenvalue weighted by molar-refractivity contribution is 0.169. The summed E-state index contributed by atoms with van der Waals surface area (Å²) in [6, 6.07) is 11.6. The number of nitrogens with zero attached hydrogens (tertiary/aromatic N) is 1. The molecule has 3 heteroatoms. The number of benzene rings is 1. The summed E-state index contributed by atoms with van der Waals surface area (Å²) < 4.78 is 5.82. The molecule has 19 heavy (non-hydrogen) atoms. The van der Waals surface area contributed by atoms with Crippen LogP contribution in [0.3, 0.4) is 0 Å². The van der Waals surface area contributed by atoms with Crippen LogP contribution < -0.4 is 4.74 Å². The highest BCUT2D eigenvalue weighted by molar-refractivity contribution is 5.37. The van der Waals surface area contributed by atoms with E-state index in [4.69, 9.17) is 4.74 Å². The Hall–Kier alpha value is -1.87. The number of hydrogen-bond donors (Lipinski definition) is 1. The van der Waals surface area contributed by atoms with Crippen LogP contribution >= 0.6 is 0 Å². The summed E-state index contributed by atoms with van der Waals surface area (Å²) in [6.45, 7) is 4.02. The Morgan fingerprint density at radius 2 is 1.95 bits per heavy atom. The molecule has 0 saturated heterocycles. The Morgan fingerprint density at radius 3 is 2.58 bits per heavy atom. The summed E-state index contributed by atoms with van der Waals surface area (Å²) in [6.07, 6.45) is 2.74. The highest BCUT2D eigenvalue weighted by Crippen LogP contribution is 2.26. The van der Waals surface area contributed by atoms with Crippen molar-refractivity contribution in [3.8, 4) is 11.5 Å². The first-order valence-corrected chi connectivity index (χ1v) is 6.64. The number of aryl methyl sites for hydroxylation is 1. The molecule has 1 heterocycles. The average molecular weight is 257 g/mol. The lowest BCUT2D eigenvalue weighted by atomic mass is 10.1. The van der Waals surface area contributed by atoms with Crippen molar-refractivity contribution in [1.29, 1.82) is 0 Å². The predicted octanol–water partition coefficient (Wildman–Crippen LogP) is 3.88. The van der Waals surface area contributed by atoms with Crippen molar-refractivity contribution in [2.45, 2.75) is 32.8 Å². The van der Waals surface area contributed by atoms with Crippen LogP contribution in [-0.2, 0) is 6.42 Å². The molecule has 100 valence electrons. The molecule has 1 N–H and O–H groups in total. The zero-order chi connectivity index (χ0) is 13.7. The van der Waals surface area contributed by atoms with Crippen LogP contribution in [0, 0.1) is 0 Å². The van der Waals surface area contributed by atoms with Crippen LogP contribution in [0.2, 0.25) is 0 Å². The Kier molecular flexibility index (Phi) is 4.53. The maximum absolute atomic E-state index is 9.69. The molecule has 1 atom stereocenters. The Morgan fingerprint density at radius 1 is 1.16 bits per heavy atom. The van der Waals surface area contributed by atoms with Crippen LogP contribution in [-0.4, -0.2) is 10.1 Å². The van der Waals surface area contributed by atoms with Gasteiger partial charge in [0.1, 0.15) is 11.5 Å². The number of aliphatic hydroxyl groups excluding tert-OH is 1. The van der Waals surface area contributed by atoms with Gasteiger partial charge < -0.3 is 9.84 Å². The normalized spacial score (nSPS) is 12.2. The van der Waals surface area contributed by atoms with Gasteiger partial charge in [0, 0.05) is 0 Å². The van der Waals surface area contributed by atoms with Crippen molar-refractivity contribution >= 4 is 0 Å². The van der Waals surface area contributed by atoms with E-state index >= 15 is 0 Å². The summed E-state index contributed by atoms with van der Waals surface area (Å²) in [5.74, 6) is 1.54. The van der Waals surface area contributed by atoms with E-state index in [2.05, 4.69) is 18.0 Å². The minimum Gasteiger partial charge on any atom is -0.455 e. The molecule has 3 nitrogen and oxygen atoms in total. The van der Waals surface area contributed by atoms with Gasteiger partial charge in [0.25, 0.3) is 0 Å². The standard InChI is InChI=1S/C16H19NO2/c1-3-12-7-5-6-8-16(12)19-13-9-10-14(17-11-13)15(18)4-2/h5-11,15,18H,3-4H2,1-2H3/t15-/m0/s1. The monoisotopic (exact) mass is 257 g/mol. The zero-order valence-electron chi connectivity index (χ0n) is 11.3. The SMILES string of the molecule is CCc1ccccc1Oc1ccc([C@@H](O)CC)nc1. The predicted molar refractivity (Wildman–Crippen MR) is 75.4 cm³/mol.